The largest absolute Gasteiger partial charge is 0.507 e. The van der Waals surface area contributed by atoms with Crippen molar-refractivity contribution in [2.75, 3.05) is 13.1 Å². The molecule has 0 heterocycles. The van der Waals surface area contributed by atoms with E-state index < -0.39 is 29.7 Å². The molecule has 3 amide bonds. The van der Waals surface area contributed by atoms with E-state index in [1.54, 1.807) is 52.8 Å². The summed E-state index contributed by atoms with van der Waals surface area (Å²) in [6, 6.07) is 3.26. The van der Waals surface area contributed by atoms with E-state index in [-0.39, 0.29) is 11.7 Å². The Labute approximate surface area is 223 Å². The number of carbonyl (C=O) groups excluding carboxylic acids is 3. The zero-order valence-corrected chi connectivity index (χ0v) is 24.0. The lowest BCUT2D eigenvalue weighted by Crippen LogP contribution is -2.52. The molecule has 0 aromatic heterocycles. The quantitative estimate of drug-likeness (QED) is 0.255. The zero-order valence-electron chi connectivity index (χ0n) is 24.0. The first kappa shape index (κ1) is 32.3. The Balaban J connectivity index is 3.30. The molecule has 0 aliphatic heterocycles. The number of rotatable bonds is 15. The molecule has 0 bridgehead atoms. The number of ether oxygens (including phenoxy) is 1. The summed E-state index contributed by atoms with van der Waals surface area (Å²) in [5.41, 5.74) is 0.286. The van der Waals surface area contributed by atoms with Crippen molar-refractivity contribution in [2.24, 2.45) is 0 Å². The van der Waals surface area contributed by atoms with Gasteiger partial charge >= 0.3 is 6.09 Å². The maximum absolute atomic E-state index is 13.7. The van der Waals surface area contributed by atoms with Crippen LogP contribution >= 0.6 is 0 Å². The maximum Gasteiger partial charge on any atom is 0.408 e. The van der Waals surface area contributed by atoms with E-state index in [4.69, 9.17) is 4.74 Å². The van der Waals surface area contributed by atoms with Crippen LogP contribution < -0.4 is 10.6 Å². The molecule has 1 aromatic carbocycles. The third-order valence-electron chi connectivity index (χ3n) is 6.09. The second kappa shape index (κ2) is 16.2. The molecule has 2 atom stereocenters. The zero-order chi connectivity index (χ0) is 28.0. The molecule has 0 fully saturated rings. The van der Waals surface area contributed by atoms with Gasteiger partial charge in [-0.05, 0) is 53.0 Å². The number of amides is 3. The van der Waals surface area contributed by atoms with Crippen LogP contribution in [0.25, 0.3) is 0 Å². The predicted octanol–water partition coefficient (Wildman–Crippen LogP) is 5.76. The molecule has 0 aliphatic carbocycles. The van der Waals surface area contributed by atoms with Crippen LogP contribution in [0.5, 0.6) is 5.75 Å². The number of alkyl carbamates (subject to hydrolysis) is 1. The average molecular weight is 520 g/mol. The van der Waals surface area contributed by atoms with Crippen LogP contribution in [-0.4, -0.2) is 52.6 Å². The predicted molar refractivity (Wildman–Crippen MR) is 147 cm³/mol. The number of nitrogens with one attached hydrogen (secondary N) is 2. The summed E-state index contributed by atoms with van der Waals surface area (Å²) in [6.07, 6.45) is 7.13. The normalized spacial score (nSPS) is 12.9. The van der Waals surface area contributed by atoms with Gasteiger partial charge in [0.25, 0.3) is 0 Å². The van der Waals surface area contributed by atoms with Gasteiger partial charge in [-0.25, -0.2) is 4.79 Å². The van der Waals surface area contributed by atoms with E-state index in [0.717, 1.165) is 38.5 Å². The summed E-state index contributed by atoms with van der Waals surface area (Å²) in [7, 11) is 0. The molecule has 3 N–H and O–H groups in total. The molecule has 0 saturated carbocycles. The standard InChI is InChI=1S/C29H49N3O5/c1-8-10-12-13-14-15-20-32(27(35)22(4)31-28(36)37-29(5,6)7)24(26(34)30-19-11-9-2)23-18-16-17-21(3)25(23)33/h16-18,22,24,33H,8-15,19-20H2,1-7H3,(H,30,34)(H,31,36). The third kappa shape index (κ3) is 11.4. The fraction of sp³-hybridized carbons (Fsp3) is 0.690. The van der Waals surface area contributed by atoms with Gasteiger partial charge < -0.3 is 25.4 Å². The number of carbonyl (C=O) groups is 3. The number of benzene rings is 1. The molecular weight excluding hydrogens is 470 g/mol. The van der Waals surface area contributed by atoms with Crippen molar-refractivity contribution in [1.82, 2.24) is 15.5 Å². The molecule has 0 aliphatic rings. The first-order chi connectivity index (χ1) is 17.4. The highest BCUT2D eigenvalue weighted by Crippen LogP contribution is 2.32. The number of aryl methyl sites for hydroxylation is 1. The van der Waals surface area contributed by atoms with Crippen molar-refractivity contribution in [3.63, 3.8) is 0 Å². The number of phenolic OH excluding ortho intramolecular Hbond substituents is 1. The lowest BCUT2D eigenvalue weighted by atomic mass is 9.98. The van der Waals surface area contributed by atoms with Crippen molar-refractivity contribution in [1.29, 1.82) is 0 Å². The van der Waals surface area contributed by atoms with Gasteiger partial charge in [0.05, 0.1) is 0 Å². The molecule has 37 heavy (non-hydrogen) atoms. The molecule has 8 nitrogen and oxygen atoms in total. The van der Waals surface area contributed by atoms with Crippen LogP contribution in [0, 0.1) is 6.92 Å². The lowest BCUT2D eigenvalue weighted by Gasteiger charge is -2.34. The number of nitrogens with zero attached hydrogens (tertiary/aromatic N) is 1. The van der Waals surface area contributed by atoms with Crippen molar-refractivity contribution in [2.45, 2.75) is 118 Å². The SMILES string of the molecule is CCCCCCCCN(C(=O)C(C)NC(=O)OC(C)(C)C)C(C(=O)NCCCC)c1cccc(C)c1O. The van der Waals surface area contributed by atoms with Crippen LogP contribution in [0.1, 0.15) is 110 Å². The van der Waals surface area contributed by atoms with Gasteiger partial charge in [-0.1, -0.05) is 70.6 Å². The molecule has 1 rings (SSSR count). The van der Waals surface area contributed by atoms with E-state index in [1.165, 1.54) is 11.3 Å². The van der Waals surface area contributed by atoms with E-state index >= 15 is 0 Å². The van der Waals surface area contributed by atoms with E-state index in [0.29, 0.717) is 30.6 Å². The van der Waals surface area contributed by atoms with Gasteiger partial charge in [-0.2, -0.15) is 0 Å². The molecule has 210 valence electrons. The maximum atomic E-state index is 13.7. The number of aromatic hydroxyl groups is 1. The van der Waals surface area contributed by atoms with Crippen LogP contribution in [0.15, 0.2) is 18.2 Å². The minimum absolute atomic E-state index is 0.00774. The van der Waals surface area contributed by atoms with E-state index in [9.17, 15) is 19.5 Å². The second-order valence-electron chi connectivity index (χ2n) is 10.7. The second-order valence-corrected chi connectivity index (χ2v) is 10.7. The molecule has 0 saturated heterocycles. The molecule has 0 radical (unpaired) electrons. The first-order valence-electron chi connectivity index (χ1n) is 13.8. The highest BCUT2D eigenvalue weighted by Gasteiger charge is 2.36. The Morgan fingerprint density at radius 1 is 1.00 bits per heavy atom. The Bertz CT molecular complexity index is 866. The summed E-state index contributed by atoms with van der Waals surface area (Å²) < 4.78 is 5.33. The van der Waals surface area contributed by atoms with Crippen LogP contribution in [0.3, 0.4) is 0 Å². The van der Waals surface area contributed by atoms with Gasteiger partial charge in [0.1, 0.15) is 23.4 Å². The molecular formula is C29H49N3O5. The first-order valence-corrected chi connectivity index (χ1v) is 13.8. The monoisotopic (exact) mass is 519 g/mol. The van der Waals surface area contributed by atoms with Gasteiger partial charge in [0.2, 0.25) is 11.8 Å². The molecule has 2 unspecified atom stereocenters. The summed E-state index contributed by atoms with van der Waals surface area (Å²) in [4.78, 5) is 41.1. The number of para-hydroxylation sites is 1. The van der Waals surface area contributed by atoms with Crippen molar-refractivity contribution in [3.8, 4) is 5.75 Å². The Hall–Kier alpha value is -2.77. The fourth-order valence-corrected chi connectivity index (χ4v) is 4.06. The van der Waals surface area contributed by atoms with Crippen molar-refractivity contribution in [3.05, 3.63) is 29.3 Å². The molecule has 8 heteroatoms. The van der Waals surface area contributed by atoms with Crippen LogP contribution in [0.4, 0.5) is 4.79 Å². The van der Waals surface area contributed by atoms with Gasteiger partial charge in [0.15, 0.2) is 0 Å². The number of phenols is 1. The highest BCUT2D eigenvalue weighted by molar-refractivity contribution is 5.92. The van der Waals surface area contributed by atoms with Crippen LogP contribution in [0.2, 0.25) is 0 Å². The summed E-state index contributed by atoms with van der Waals surface area (Å²) >= 11 is 0. The summed E-state index contributed by atoms with van der Waals surface area (Å²) in [5.74, 6) is -0.763. The van der Waals surface area contributed by atoms with Crippen molar-refractivity contribution >= 4 is 17.9 Å². The molecule has 1 aromatic rings. The van der Waals surface area contributed by atoms with E-state index in [1.807, 2.05) is 6.92 Å². The summed E-state index contributed by atoms with van der Waals surface area (Å²) in [5, 5.41) is 16.4. The molecule has 0 spiro atoms. The Morgan fingerprint density at radius 2 is 1.62 bits per heavy atom. The fourth-order valence-electron chi connectivity index (χ4n) is 4.06. The number of hydrogen-bond donors (Lipinski definition) is 3. The van der Waals surface area contributed by atoms with Gasteiger partial charge in [-0.15, -0.1) is 0 Å². The third-order valence-corrected chi connectivity index (χ3v) is 6.09. The summed E-state index contributed by atoms with van der Waals surface area (Å²) in [6.45, 7) is 13.6. The minimum Gasteiger partial charge on any atom is -0.507 e. The Morgan fingerprint density at radius 3 is 2.24 bits per heavy atom. The highest BCUT2D eigenvalue weighted by atomic mass is 16.6. The Kier molecular flexibility index (Phi) is 14.1. The topological polar surface area (TPSA) is 108 Å². The lowest BCUT2D eigenvalue weighted by molar-refractivity contribution is -0.142. The van der Waals surface area contributed by atoms with Gasteiger partial charge in [-0.3, -0.25) is 9.59 Å². The number of unbranched alkanes of at least 4 members (excludes halogenated alkanes) is 6. The van der Waals surface area contributed by atoms with Gasteiger partial charge in [0, 0.05) is 18.7 Å². The smallest absolute Gasteiger partial charge is 0.408 e. The van der Waals surface area contributed by atoms with E-state index in [2.05, 4.69) is 17.6 Å². The van der Waals surface area contributed by atoms with Crippen molar-refractivity contribution < 1.29 is 24.2 Å². The average Bonchev–Trinajstić information content (AvgIpc) is 2.81. The number of hydrogen-bond acceptors (Lipinski definition) is 5. The van der Waals surface area contributed by atoms with Crippen LogP contribution in [-0.2, 0) is 14.3 Å². The minimum atomic E-state index is -1.03.